The molecule has 0 radical (unpaired) electrons. The van der Waals surface area contributed by atoms with Gasteiger partial charge in [-0.2, -0.15) is 9.97 Å². The summed E-state index contributed by atoms with van der Waals surface area (Å²) in [6.45, 7) is 6.81. The smallest absolute Gasteiger partial charge is 0.238 e. The minimum atomic E-state index is 0.000498. The van der Waals surface area contributed by atoms with Crippen molar-refractivity contribution in [3.63, 3.8) is 0 Å². The molecule has 0 bridgehead atoms. The van der Waals surface area contributed by atoms with Crippen LogP contribution in [0.3, 0.4) is 0 Å². The van der Waals surface area contributed by atoms with Crippen LogP contribution in [0.2, 0.25) is 0 Å². The molecule has 0 unspecified atom stereocenters. The number of nitrogens with zero attached hydrogens (tertiary/aromatic N) is 4. The fraction of sp³-hybridized carbons (Fsp3) is 0.0930. The van der Waals surface area contributed by atoms with Gasteiger partial charge in [-0.15, -0.1) is 11.3 Å². The summed E-state index contributed by atoms with van der Waals surface area (Å²) in [4.78, 5) is 15.5. The molecule has 6 aromatic carbocycles. The second-order valence-electron chi connectivity index (χ2n) is 13.3. The molecule has 48 heavy (non-hydrogen) atoms. The maximum Gasteiger partial charge on any atom is 0.238 e. The quantitative estimate of drug-likeness (QED) is 0.193. The Kier molecular flexibility index (Phi) is 6.53. The van der Waals surface area contributed by atoms with Gasteiger partial charge in [0.2, 0.25) is 5.95 Å². The third kappa shape index (κ3) is 4.62. The minimum absolute atomic E-state index is 0.000498. The molecule has 0 amide bonds. The summed E-state index contributed by atoms with van der Waals surface area (Å²) in [5, 5.41) is 4.85. The number of aromatic nitrogens is 4. The zero-order valence-electron chi connectivity index (χ0n) is 27.0. The summed E-state index contributed by atoms with van der Waals surface area (Å²) in [7, 11) is 0. The Morgan fingerprint density at radius 3 is 1.79 bits per heavy atom. The fourth-order valence-corrected chi connectivity index (χ4v) is 8.05. The summed E-state index contributed by atoms with van der Waals surface area (Å²) < 4.78 is 4.80. The van der Waals surface area contributed by atoms with Crippen molar-refractivity contribution in [2.75, 3.05) is 0 Å². The number of hydrogen-bond donors (Lipinski definition) is 0. The van der Waals surface area contributed by atoms with Gasteiger partial charge in [-0.1, -0.05) is 142 Å². The monoisotopic (exact) mass is 636 g/mol. The Morgan fingerprint density at radius 1 is 0.542 bits per heavy atom. The van der Waals surface area contributed by atoms with Crippen molar-refractivity contribution < 1.29 is 0 Å². The number of thiophene rings is 1. The van der Waals surface area contributed by atoms with Crippen LogP contribution in [0.25, 0.3) is 81.8 Å². The molecule has 5 heteroatoms. The van der Waals surface area contributed by atoms with Crippen LogP contribution in [0.15, 0.2) is 140 Å². The van der Waals surface area contributed by atoms with Gasteiger partial charge >= 0.3 is 0 Å². The average Bonchev–Trinajstić information content (AvgIpc) is 3.67. The summed E-state index contributed by atoms with van der Waals surface area (Å²) in [6, 6.07) is 49.2. The second kappa shape index (κ2) is 11.0. The van der Waals surface area contributed by atoms with Gasteiger partial charge in [0, 0.05) is 42.1 Å². The van der Waals surface area contributed by atoms with Crippen LogP contribution in [-0.2, 0) is 5.41 Å². The molecule has 0 aliphatic heterocycles. The number of hydrogen-bond acceptors (Lipinski definition) is 4. The summed E-state index contributed by atoms with van der Waals surface area (Å²) in [5.41, 5.74) is 7.86. The van der Waals surface area contributed by atoms with Crippen molar-refractivity contribution in [1.82, 2.24) is 19.5 Å². The maximum absolute atomic E-state index is 5.22. The molecule has 4 nitrogen and oxygen atoms in total. The molecule has 0 aliphatic carbocycles. The van der Waals surface area contributed by atoms with E-state index in [4.69, 9.17) is 15.0 Å². The highest BCUT2D eigenvalue weighted by Gasteiger charge is 2.24. The van der Waals surface area contributed by atoms with Gasteiger partial charge in [0.15, 0.2) is 11.6 Å². The summed E-state index contributed by atoms with van der Waals surface area (Å²) >= 11 is 1.85. The van der Waals surface area contributed by atoms with Crippen molar-refractivity contribution in [1.29, 1.82) is 0 Å². The molecule has 230 valence electrons. The van der Waals surface area contributed by atoms with Crippen molar-refractivity contribution in [3.8, 4) is 39.9 Å². The van der Waals surface area contributed by atoms with E-state index in [0.717, 1.165) is 22.2 Å². The van der Waals surface area contributed by atoms with E-state index >= 15 is 0 Å². The van der Waals surface area contributed by atoms with Crippen LogP contribution < -0.4 is 0 Å². The summed E-state index contributed by atoms with van der Waals surface area (Å²) in [5.74, 6) is 1.90. The Morgan fingerprint density at radius 2 is 1.17 bits per heavy atom. The molecular formula is C43H32N4S. The topological polar surface area (TPSA) is 43.6 Å². The summed E-state index contributed by atoms with van der Waals surface area (Å²) in [6.07, 6.45) is 0. The van der Waals surface area contributed by atoms with Crippen molar-refractivity contribution in [2.24, 2.45) is 0 Å². The van der Waals surface area contributed by atoms with Gasteiger partial charge in [-0.3, -0.25) is 4.57 Å². The third-order valence-electron chi connectivity index (χ3n) is 9.23. The highest BCUT2D eigenvalue weighted by Crippen LogP contribution is 2.46. The lowest BCUT2D eigenvalue weighted by Crippen LogP contribution is -2.10. The SMILES string of the molecule is CC(C)(C)c1ccc2c(c1)c1ccc3sc4c(-c5ccccc5)cccc4c3c1n2-c1nc(-c2ccccc2)nc(-c2ccccc2)n1. The molecular weight excluding hydrogens is 605 g/mol. The highest BCUT2D eigenvalue weighted by molar-refractivity contribution is 7.26. The zero-order valence-corrected chi connectivity index (χ0v) is 27.8. The predicted octanol–water partition coefficient (Wildman–Crippen LogP) is 11.6. The van der Waals surface area contributed by atoms with Crippen LogP contribution in [0.5, 0.6) is 0 Å². The van der Waals surface area contributed by atoms with Crippen molar-refractivity contribution in [2.45, 2.75) is 26.2 Å². The first-order valence-electron chi connectivity index (χ1n) is 16.3. The first-order chi connectivity index (χ1) is 23.4. The van der Waals surface area contributed by atoms with Gasteiger partial charge in [-0.25, -0.2) is 4.98 Å². The molecule has 3 heterocycles. The first-order valence-corrected chi connectivity index (χ1v) is 17.1. The van der Waals surface area contributed by atoms with E-state index in [9.17, 15) is 0 Å². The van der Waals surface area contributed by atoms with Gasteiger partial charge in [0.1, 0.15) is 0 Å². The molecule has 0 fully saturated rings. The van der Waals surface area contributed by atoms with Gasteiger partial charge in [0.05, 0.1) is 11.0 Å². The molecule has 0 saturated heterocycles. The van der Waals surface area contributed by atoms with Crippen LogP contribution in [0, 0.1) is 0 Å². The molecule has 0 spiro atoms. The predicted molar refractivity (Wildman–Crippen MR) is 202 cm³/mol. The fourth-order valence-electron chi connectivity index (χ4n) is 6.81. The molecule has 0 saturated carbocycles. The highest BCUT2D eigenvalue weighted by atomic mass is 32.1. The number of fused-ring (bicyclic) bond motifs is 7. The van der Waals surface area contributed by atoms with Crippen LogP contribution in [0.1, 0.15) is 26.3 Å². The van der Waals surface area contributed by atoms with Crippen LogP contribution >= 0.6 is 11.3 Å². The lowest BCUT2D eigenvalue weighted by Gasteiger charge is -2.19. The Balaban J connectivity index is 1.43. The van der Waals surface area contributed by atoms with Gasteiger partial charge in [0.25, 0.3) is 0 Å². The third-order valence-corrected chi connectivity index (χ3v) is 10.4. The molecule has 3 aromatic heterocycles. The van der Waals surface area contributed by atoms with Crippen LogP contribution in [-0.4, -0.2) is 19.5 Å². The minimum Gasteiger partial charge on any atom is -0.277 e. The molecule has 0 aliphatic rings. The average molecular weight is 637 g/mol. The van der Waals surface area contributed by atoms with Gasteiger partial charge in [-0.05, 0) is 40.3 Å². The van der Waals surface area contributed by atoms with Crippen molar-refractivity contribution in [3.05, 3.63) is 145 Å². The Labute approximate surface area is 283 Å². The Hall–Kier alpha value is -5.65. The van der Waals surface area contributed by atoms with E-state index in [1.165, 1.54) is 47.6 Å². The zero-order chi connectivity index (χ0) is 32.4. The number of rotatable bonds is 4. The Bertz CT molecular complexity index is 2570. The standard InChI is InChI=1S/C43H32N4S/c1-43(2,3)30-22-24-35-34(26-30)32-23-25-36-37(33-21-13-20-31(39(33)48-36)27-14-7-4-8-15-27)38(32)47(35)42-45-40(28-16-9-5-10-17-28)44-41(46-42)29-18-11-6-12-19-29/h4-26H,1-3H3. The van der Waals surface area contributed by atoms with Crippen LogP contribution in [0.4, 0.5) is 0 Å². The van der Waals surface area contributed by atoms with E-state index in [2.05, 4.69) is 128 Å². The van der Waals surface area contributed by atoms with E-state index in [-0.39, 0.29) is 5.41 Å². The van der Waals surface area contributed by atoms with Crippen molar-refractivity contribution >= 4 is 53.3 Å². The van der Waals surface area contributed by atoms with Gasteiger partial charge < -0.3 is 0 Å². The maximum atomic E-state index is 5.22. The first kappa shape index (κ1) is 28.6. The molecule has 9 aromatic rings. The molecule has 0 N–H and O–H groups in total. The lowest BCUT2D eigenvalue weighted by molar-refractivity contribution is 0.591. The normalized spacial score (nSPS) is 12.1. The number of benzene rings is 6. The largest absolute Gasteiger partial charge is 0.277 e. The van der Waals surface area contributed by atoms with E-state index in [1.54, 1.807) is 0 Å². The van der Waals surface area contributed by atoms with E-state index in [0.29, 0.717) is 17.6 Å². The second-order valence-corrected chi connectivity index (χ2v) is 14.4. The lowest BCUT2D eigenvalue weighted by atomic mass is 9.86. The molecule has 0 atom stereocenters. The molecule has 9 rings (SSSR count). The van der Waals surface area contributed by atoms with E-state index < -0.39 is 0 Å². The van der Waals surface area contributed by atoms with E-state index in [1.807, 2.05) is 47.7 Å².